The largest absolute Gasteiger partial charge is 0.310 e. The molecule has 0 saturated carbocycles. The normalized spacial score (nSPS) is 17.0. The number of hydrogen-bond acceptors (Lipinski definition) is 3. The smallest absolute Gasteiger partial charge is 0.239 e. The first-order valence-electron chi connectivity index (χ1n) is 7.15. The summed E-state index contributed by atoms with van der Waals surface area (Å²) in [6.45, 7) is 6.17. The molecule has 2 aromatic rings. The highest BCUT2D eigenvalue weighted by Gasteiger charge is 2.28. The van der Waals surface area contributed by atoms with Crippen LogP contribution in [0.5, 0.6) is 0 Å². The maximum atomic E-state index is 12.5. The first-order valence-corrected chi connectivity index (χ1v) is 8.03. The fraction of sp³-hybridized carbons (Fsp3) is 0.375. The van der Waals surface area contributed by atoms with E-state index in [1.807, 2.05) is 24.6 Å². The number of aryl methyl sites for hydroxylation is 1. The van der Waals surface area contributed by atoms with Gasteiger partial charge in [-0.15, -0.1) is 11.8 Å². The Labute approximate surface area is 128 Å². The zero-order valence-electron chi connectivity index (χ0n) is 12.5. The van der Waals surface area contributed by atoms with Crippen molar-refractivity contribution in [1.82, 2.24) is 9.78 Å². The molecule has 1 aromatic heterocycles. The van der Waals surface area contributed by atoms with Gasteiger partial charge in [0.2, 0.25) is 5.91 Å². The second-order valence-corrected chi connectivity index (χ2v) is 6.91. The molecule has 0 bridgehead atoms. The van der Waals surface area contributed by atoms with E-state index in [0.717, 1.165) is 12.2 Å². The predicted molar refractivity (Wildman–Crippen MR) is 85.8 cm³/mol. The van der Waals surface area contributed by atoms with E-state index in [1.54, 1.807) is 18.0 Å². The summed E-state index contributed by atoms with van der Waals surface area (Å²) in [5.41, 5.74) is 2.50. The SMILES string of the molecule is Cc1ccc2c(c1)S[C@H](C(=O)Nc1ccnn1C(C)C)C2. The summed E-state index contributed by atoms with van der Waals surface area (Å²) in [6, 6.07) is 8.46. The average Bonchev–Trinajstić information content (AvgIpc) is 3.04. The van der Waals surface area contributed by atoms with Crippen LogP contribution in [0.3, 0.4) is 0 Å². The molecular formula is C16H19N3OS. The molecule has 4 nitrogen and oxygen atoms in total. The van der Waals surface area contributed by atoms with Crippen LogP contribution in [-0.4, -0.2) is 20.9 Å². The van der Waals surface area contributed by atoms with Crippen LogP contribution in [0, 0.1) is 6.92 Å². The van der Waals surface area contributed by atoms with Gasteiger partial charge in [-0.05, 0) is 38.8 Å². The van der Waals surface area contributed by atoms with Crippen molar-refractivity contribution in [3.05, 3.63) is 41.6 Å². The number of benzene rings is 1. The van der Waals surface area contributed by atoms with Crippen LogP contribution in [0.2, 0.25) is 0 Å². The molecule has 21 heavy (non-hydrogen) atoms. The molecule has 1 atom stereocenters. The number of hydrogen-bond donors (Lipinski definition) is 1. The number of aromatic nitrogens is 2. The molecule has 0 fully saturated rings. The Morgan fingerprint density at radius 2 is 2.24 bits per heavy atom. The number of carbonyl (C=O) groups is 1. The molecule has 5 heteroatoms. The minimum absolute atomic E-state index is 0.0521. The van der Waals surface area contributed by atoms with Crippen LogP contribution >= 0.6 is 11.8 Å². The lowest BCUT2D eigenvalue weighted by atomic mass is 10.1. The van der Waals surface area contributed by atoms with Crippen molar-refractivity contribution in [2.45, 2.75) is 43.4 Å². The molecule has 3 rings (SSSR count). The molecule has 0 aliphatic carbocycles. The third-order valence-corrected chi connectivity index (χ3v) is 4.90. The molecular weight excluding hydrogens is 282 g/mol. The number of anilines is 1. The Hall–Kier alpha value is -1.75. The van der Waals surface area contributed by atoms with Gasteiger partial charge in [-0.25, -0.2) is 4.68 Å². The summed E-state index contributed by atoms with van der Waals surface area (Å²) in [5.74, 6) is 0.819. The lowest BCUT2D eigenvalue weighted by Gasteiger charge is -2.14. The van der Waals surface area contributed by atoms with E-state index in [-0.39, 0.29) is 17.2 Å². The fourth-order valence-electron chi connectivity index (χ4n) is 2.51. The lowest BCUT2D eigenvalue weighted by molar-refractivity contribution is -0.115. The van der Waals surface area contributed by atoms with Crippen molar-refractivity contribution < 1.29 is 4.79 Å². The van der Waals surface area contributed by atoms with Crippen molar-refractivity contribution in [2.75, 3.05) is 5.32 Å². The van der Waals surface area contributed by atoms with E-state index >= 15 is 0 Å². The molecule has 1 aliphatic heterocycles. The molecule has 1 aromatic carbocycles. The summed E-state index contributed by atoms with van der Waals surface area (Å²) >= 11 is 1.65. The van der Waals surface area contributed by atoms with Gasteiger partial charge in [-0.2, -0.15) is 5.10 Å². The molecule has 2 heterocycles. The van der Waals surface area contributed by atoms with Crippen molar-refractivity contribution in [3.8, 4) is 0 Å². The minimum atomic E-state index is -0.0580. The van der Waals surface area contributed by atoms with Gasteiger partial charge in [0.05, 0.1) is 11.4 Å². The monoisotopic (exact) mass is 301 g/mol. The number of thioether (sulfide) groups is 1. The maximum absolute atomic E-state index is 12.5. The quantitative estimate of drug-likeness (QED) is 0.945. The molecule has 1 N–H and O–H groups in total. The summed E-state index contributed by atoms with van der Waals surface area (Å²) in [6.07, 6.45) is 2.51. The van der Waals surface area contributed by atoms with Gasteiger partial charge >= 0.3 is 0 Å². The van der Waals surface area contributed by atoms with Crippen molar-refractivity contribution in [1.29, 1.82) is 0 Å². The number of nitrogens with zero attached hydrogens (tertiary/aromatic N) is 2. The van der Waals surface area contributed by atoms with Crippen molar-refractivity contribution in [2.24, 2.45) is 0 Å². The molecule has 1 amide bonds. The Morgan fingerprint density at radius 1 is 1.43 bits per heavy atom. The zero-order valence-corrected chi connectivity index (χ0v) is 13.3. The van der Waals surface area contributed by atoms with E-state index in [1.165, 1.54) is 16.0 Å². The number of amides is 1. The first kappa shape index (κ1) is 14.2. The molecule has 110 valence electrons. The summed E-state index contributed by atoms with van der Waals surface area (Å²) in [5, 5.41) is 7.19. The number of fused-ring (bicyclic) bond motifs is 1. The van der Waals surface area contributed by atoms with Crippen LogP contribution < -0.4 is 5.32 Å². The minimum Gasteiger partial charge on any atom is -0.310 e. The van der Waals surface area contributed by atoms with E-state index in [2.05, 4.69) is 35.5 Å². The second kappa shape index (κ2) is 5.56. The van der Waals surface area contributed by atoms with Crippen LogP contribution in [-0.2, 0) is 11.2 Å². The summed E-state index contributed by atoms with van der Waals surface area (Å²) in [7, 11) is 0. The second-order valence-electron chi connectivity index (χ2n) is 5.67. The molecule has 0 spiro atoms. The van der Waals surface area contributed by atoms with Gasteiger partial charge in [0, 0.05) is 17.0 Å². The van der Waals surface area contributed by atoms with E-state index in [4.69, 9.17) is 0 Å². The Morgan fingerprint density at radius 3 is 3.00 bits per heavy atom. The zero-order chi connectivity index (χ0) is 15.0. The average molecular weight is 301 g/mol. The van der Waals surface area contributed by atoms with E-state index < -0.39 is 0 Å². The summed E-state index contributed by atoms with van der Waals surface area (Å²) < 4.78 is 1.83. The summed E-state index contributed by atoms with van der Waals surface area (Å²) in [4.78, 5) is 13.7. The highest BCUT2D eigenvalue weighted by atomic mass is 32.2. The van der Waals surface area contributed by atoms with Crippen molar-refractivity contribution >= 4 is 23.5 Å². The van der Waals surface area contributed by atoms with Crippen LogP contribution in [0.1, 0.15) is 31.0 Å². The number of rotatable bonds is 3. The molecule has 0 saturated heterocycles. The fourth-order valence-corrected chi connectivity index (χ4v) is 3.80. The third kappa shape index (κ3) is 2.83. The van der Waals surface area contributed by atoms with E-state index in [0.29, 0.717) is 0 Å². The highest BCUT2D eigenvalue weighted by molar-refractivity contribution is 8.01. The van der Waals surface area contributed by atoms with Gasteiger partial charge in [0.15, 0.2) is 0 Å². The Bertz CT molecular complexity index is 678. The van der Waals surface area contributed by atoms with Gasteiger partial charge < -0.3 is 5.32 Å². The van der Waals surface area contributed by atoms with Crippen molar-refractivity contribution in [3.63, 3.8) is 0 Å². The van der Waals surface area contributed by atoms with Gasteiger partial charge in [0.25, 0.3) is 0 Å². The third-order valence-electron chi connectivity index (χ3n) is 3.60. The van der Waals surface area contributed by atoms with E-state index in [9.17, 15) is 4.79 Å². The standard InChI is InChI=1S/C16H19N3OS/c1-10(2)19-15(6-7-17-19)18-16(20)14-9-12-5-4-11(3)8-13(12)21-14/h4-8,10,14H,9H2,1-3H3,(H,18,20)/t14-/m0/s1. The lowest BCUT2D eigenvalue weighted by Crippen LogP contribution is -2.26. The molecule has 0 radical (unpaired) electrons. The van der Waals surface area contributed by atoms with Crippen LogP contribution in [0.15, 0.2) is 35.4 Å². The topological polar surface area (TPSA) is 46.9 Å². The Balaban J connectivity index is 1.72. The van der Waals surface area contributed by atoms with Gasteiger partial charge in [0.1, 0.15) is 5.82 Å². The number of carbonyl (C=O) groups excluding carboxylic acids is 1. The van der Waals surface area contributed by atoms with Gasteiger partial charge in [-0.1, -0.05) is 17.7 Å². The molecule has 1 aliphatic rings. The van der Waals surface area contributed by atoms with Crippen LogP contribution in [0.4, 0.5) is 5.82 Å². The maximum Gasteiger partial charge on any atom is 0.239 e. The number of nitrogens with one attached hydrogen (secondary N) is 1. The van der Waals surface area contributed by atoms with Gasteiger partial charge in [-0.3, -0.25) is 4.79 Å². The molecule has 0 unspecified atom stereocenters. The predicted octanol–water partition coefficient (Wildman–Crippen LogP) is 3.43. The first-order chi connectivity index (χ1) is 10.0. The Kier molecular flexibility index (Phi) is 3.76. The van der Waals surface area contributed by atoms with Crippen LogP contribution in [0.25, 0.3) is 0 Å². The highest BCUT2D eigenvalue weighted by Crippen LogP contribution is 2.38.